The van der Waals surface area contributed by atoms with Gasteiger partial charge in [-0.2, -0.15) is 0 Å². The molecule has 0 spiro atoms. The highest BCUT2D eigenvalue weighted by atomic mass is 16.6. The average Bonchev–Trinajstić information content (AvgIpc) is 3.20. The predicted molar refractivity (Wildman–Crippen MR) is 282 cm³/mol. The first kappa shape index (κ1) is 60.0. The Bertz CT molecular complexity index is 1560. The van der Waals surface area contributed by atoms with Crippen molar-refractivity contribution in [1.29, 1.82) is 0 Å². The van der Waals surface area contributed by atoms with Crippen molar-refractivity contribution < 1.29 is 38.1 Å². The number of allylic oxidation sites excluding steroid dienone is 2. The van der Waals surface area contributed by atoms with Crippen LogP contribution in [0.4, 0.5) is 0 Å². The van der Waals surface area contributed by atoms with Crippen LogP contribution in [0.15, 0.2) is 12.2 Å². The third-order valence-corrected chi connectivity index (χ3v) is 18.8. The van der Waals surface area contributed by atoms with Crippen LogP contribution in [0.2, 0.25) is 0 Å². The Morgan fingerprint density at radius 2 is 0.557 bits per heavy atom. The fourth-order valence-electron chi connectivity index (χ4n) is 13.1. The van der Waals surface area contributed by atoms with Gasteiger partial charge in [0.2, 0.25) is 0 Å². The maximum absolute atomic E-state index is 15.2. The van der Waals surface area contributed by atoms with E-state index in [-0.39, 0.29) is 70.0 Å². The molecule has 4 aliphatic heterocycles. The van der Waals surface area contributed by atoms with Crippen molar-refractivity contribution in [2.75, 3.05) is 28.2 Å². The number of carbonyl (C=O) groups excluding carboxylic acids is 4. The highest BCUT2D eigenvalue weighted by Gasteiger charge is 2.56. The number of nitrogens with zero attached hydrogens (tertiary/aromatic N) is 4. The number of piperidine rings is 4. The second-order valence-electron chi connectivity index (χ2n) is 27.7. The second kappa shape index (κ2) is 21.4. The zero-order valence-corrected chi connectivity index (χ0v) is 48.8. The lowest BCUT2D eigenvalue weighted by molar-refractivity contribution is -0.190. The summed E-state index contributed by atoms with van der Waals surface area (Å²) in [5.41, 5.74) is -5.37. The molecule has 4 fully saturated rings. The van der Waals surface area contributed by atoms with Crippen molar-refractivity contribution in [3.63, 3.8) is 0 Å². The largest absolute Gasteiger partial charge is 0.461 e. The average molecular weight is 985 g/mol. The maximum atomic E-state index is 15.2. The van der Waals surface area contributed by atoms with Gasteiger partial charge in [-0.3, -0.25) is 38.8 Å². The molecule has 4 heterocycles. The minimum atomic E-state index is -1.66. The van der Waals surface area contributed by atoms with Gasteiger partial charge in [0.25, 0.3) is 0 Å². The molecule has 0 aliphatic carbocycles. The van der Waals surface area contributed by atoms with Gasteiger partial charge in [-0.15, -0.1) is 0 Å². The summed E-state index contributed by atoms with van der Waals surface area (Å²) in [5, 5.41) is 0. The normalized spacial score (nSPS) is 25.6. The summed E-state index contributed by atoms with van der Waals surface area (Å²) in [6.45, 7) is 38.8. The van der Waals surface area contributed by atoms with E-state index in [4.69, 9.17) is 18.9 Å². The van der Waals surface area contributed by atoms with Gasteiger partial charge in [-0.05, 0) is 165 Å². The van der Waals surface area contributed by atoms with Crippen molar-refractivity contribution in [2.24, 2.45) is 10.8 Å². The first-order valence-corrected chi connectivity index (χ1v) is 27.2. The third kappa shape index (κ3) is 13.0. The molecule has 4 rings (SSSR count). The van der Waals surface area contributed by atoms with Gasteiger partial charge in [0.1, 0.15) is 24.4 Å². The number of hydrogen-bond donors (Lipinski definition) is 0. The molecule has 0 aromatic heterocycles. The van der Waals surface area contributed by atoms with Crippen LogP contribution in [0.5, 0.6) is 0 Å². The second-order valence-corrected chi connectivity index (χ2v) is 27.7. The smallest absolute Gasteiger partial charge is 0.324 e. The molecule has 0 aromatic carbocycles. The van der Waals surface area contributed by atoms with Crippen molar-refractivity contribution in [3.8, 4) is 0 Å². The van der Waals surface area contributed by atoms with Crippen LogP contribution in [-0.2, 0) is 38.1 Å². The zero-order valence-electron chi connectivity index (χ0n) is 48.8. The Morgan fingerprint density at radius 3 is 0.714 bits per heavy atom. The Labute approximate surface area is 427 Å². The Kier molecular flexibility index (Phi) is 18.3. The number of rotatable bonds is 18. The molecule has 0 aromatic rings. The lowest BCUT2D eigenvalue weighted by atomic mass is 9.75. The molecule has 404 valence electrons. The van der Waals surface area contributed by atoms with Crippen LogP contribution < -0.4 is 0 Å². The highest BCUT2D eigenvalue weighted by Crippen LogP contribution is 2.46. The monoisotopic (exact) mass is 985 g/mol. The summed E-state index contributed by atoms with van der Waals surface area (Å²) in [4.78, 5) is 70.4. The summed E-state index contributed by atoms with van der Waals surface area (Å²) in [6.07, 6.45) is 10.1. The Hall–Kier alpha value is -2.54. The molecular formula is C58H104N4O8. The first-order chi connectivity index (χ1) is 31.8. The SMILES string of the molecule is CCCCC(CC=CCC(CCCC)(C(=O)OC1CC(C)(C)N(C)C(C)(C)C1)C(=O)OC1CC(C)(C)N(C)C(C)(C)C1)(C(=O)OC1CC(C)(C)N(C)C(C)(C)C1)C(=O)OC1CC(C)(C)N(C)C(C)(C)C1. The van der Waals surface area contributed by atoms with E-state index in [0.717, 1.165) is 12.8 Å². The topological polar surface area (TPSA) is 118 Å². The molecule has 0 radical (unpaired) electrons. The molecule has 12 nitrogen and oxygen atoms in total. The van der Waals surface area contributed by atoms with Crippen LogP contribution in [0.3, 0.4) is 0 Å². The van der Waals surface area contributed by atoms with Crippen molar-refractivity contribution >= 4 is 23.9 Å². The van der Waals surface area contributed by atoms with Crippen molar-refractivity contribution in [2.45, 2.75) is 296 Å². The molecule has 4 aliphatic rings. The van der Waals surface area contributed by atoms with Gasteiger partial charge < -0.3 is 18.9 Å². The molecule has 0 bridgehead atoms. The lowest BCUT2D eigenvalue weighted by Crippen LogP contribution is -2.61. The Morgan fingerprint density at radius 1 is 0.386 bits per heavy atom. The highest BCUT2D eigenvalue weighted by molar-refractivity contribution is 6.01. The molecule has 0 atom stereocenters. The molecule has 0 unspecified atom stereocenters. The first-order valence-electron chi connectivity index (χ1n) is 27.2. The molecule has 4 saturated heterocycles. The predicted octanol–water partition coefficient (Wildman–Crippen LogP) is 11.5. The van der Waals surface area contributed by atoms with Gasteiger partial charge in [-0.25, -0.2) is 0 Å². The minimum absolute atomic E-state index is 0.00782. The van der Waals surface area contributed by atoms with Crippen LogP contribution in [0, 0.1) is 10.8 Å². The van der Waals surface area contributed by atoms with Gasteiger partial charge in [0.05, 0.1) is 0 Å². The lowest BCUT2D eigenvalue weighted by Gasteiger charge is -2.53. The summed E-state index contributed by atoms with van der Waals surface area (Å²) in [7, 11) is 8.47. The third-order valence-electron chi connectivity index (χ3n) is 18.8. The number of ether oxygens (including phenoxy) is 4. The van der Waals surface area contributed by atoms with E-state index >= 15 is 19.2 Å². The molecule has 0 amide bonds. The van der Waals surface area contributed by atoms with Crippen LogP contribution in [0.1, 0.15) is 227 Å². The van der Waals surface area contributed by atoms with Gasteiger partial charge in [0.15, 0.2) is 10.8 Å². The molecule has 0 N–H and O–H groups in total. The number of carbonyl (C=O) groups is 4. The van der Waals surface area contributed by atoms with E-state index in [0.29, 0.717) is 64.2 Å². The standard InChI is InChI=1S/C58H104N4O8/c1-23-25-29-57(45(63)67-41-33-49(3,4)59(19)50(5,6)34-41,46(64)68-42-35-51(7,8)60(20)52(9,10)36-42)31-27-28-32-58(30-26-24-2,47(65)69-43-37-53(11,12)61(21)54(13,14)38-43)48(66)70-44-39-55(15,16)62(22)56(17,18)40-44/h27-28,41-44H,23-26,29-40H2,1-22H3. The Balaban J connectivity index is 1.81. The van der Waals surface area contributed by atoms with Gasteiger partial charge >= 0.3 is 23.9 Å². The summed E-state index contributed by atoms with van der Waals surface area (Å²) >= 11 is 0. The van der Waals surface area contributed by atoms with E-state index in [9.17, 15) is 0 Å². The molecule has 0 saturated carbocycles. The number of esters is 4. The van der Waals surface area contributed by atoms with Gasteiger partial charge in [-0.1, -0.05) is 51.7 Å². The minimum Gasteiger partial charge on any atom is -0.461 e. The van der Waals surface area contributed by atoms with E-state index in [1.165, 1.54) is 0 Å². The zero-order chi connectivity index (χ0) is 53.5. The number of unbranched alkanes of at least 4 members (excludes halogenated alkanes) is 2. The molecule has 70 heavy (non-hydrogen) atoms. The number of likely N-dealkylation sites (tertiary alicyclic amines) is 4. The molecule has 12 heteroatoms. The van der Waals surface area contributed by atoms with E-state index in [1.807, 2.05) is 12.2 Å². The maximum Gasteiger partial charge on any atom is 0.324 e. The quantitative estimate of drug-likeness (QED) is 0.0563. The van der Waals surface area contributed by atoms with Gasteiger partial charge in [0, 0.05) is 95.7 Å². The number of hydrogen-bond acceptors (Lipinski definition) is 12. The fraction of sp³-hybridized carbons (Fsp3) is 0.897. The summed E-state index contributed by atoms with van der Waals surface area (Å²) < 4.78 is 26.4. The van der Waals surface area contributed by atoms with Crippen molar-refractivity contribution in [3.05, 3.63) is 12.2 Å². The summed E-state index contributed by atoms with van der Waals surface area (Å²) in [6, 6.07) is 0. The van der Waals surface area contributed by atoms with Crippen molar-refractivity contribution in [1.82, 2.24) is 19.6 Å². The van der Waals surface area contributed by atoms with E-state index < -0.39 is 59.1 Å². The fourth-order valence-corrected chi connectivity index (χ4v) is 13.1. The van der Waals surface area contributed by atoms with Crippen LogP contribution in [-0.4, -0.2) is 140 Å². The van der Waals surface area contributed by atoms with E-state index in [1.54, 1.807) is 0 Å². The van der Waals surface area contributed by atoms with Crippen LogP contribution >= 0.6 is 0 Å². The molecular weight excluding hydrogens is 881 g/mol. The van der Waals surface area contributed by atoms with Crippen LogP contribution in [0.25, 0.3) is 0 Å². The summed E-state index contributed by atoms with van der Waals surface area (Å²) in [5.74, 6) is -2.28. The van der Waals surface area contributed by atoms with E-state index in [2.05, 4.69) is 172 Å².